The van der Waals surface area contributed by atoms with E-state index in [4.69, 9.17) is 0 Å². The van der Waals surface area contributed by atoms with Gasteiger partial charge in [0, 0.05) is 6.04 Å². The summed E-state index contributed by atoms with van der Waals surface area (Å²) in [5, 5.41) is 23.2. The fourth-order valence-electron chi connectivity index (χ4n) is 4.52. The summed E-state index contributed by atoms with van der Waals surface area (Å²) in [5.74, 6) is -0.0560. The third-order valence-corrected chi connectivity index (χ3v) is 6.08. The summed E-state index contributed by atoms with van der Waals surface area (Å²) in [6.45, 7) is 1.19. The molecule has 2 fully saturated rings. The summed E-state index contributed by atoms with van der Waals surface area (Å²) in [7, 11) is 0. The van der Waals surface area contributed by atoms with Crippen LogP contribution in [0.2, 0.25) is 0 Å². The van der Waals surface area contributed by atoms with Crippen LogP contribution < -0.4 is 5.32 Å². The summed E-state index contributed by atoms with van der Waals surface area (Å²) < 4.78 is 0. The van der Waals surface area contributed by atoms with E-state index in [2.05, 4.69) is 16.3 Å². The number of hydrogen-bond donors (Lipinski definition) is 2. The molecule has 0 spiro atoms. The molecule has 1 saturated heterocycles. The van der Waals surface area contributed by atoms with Crippen molar-refractivity contribution in [3.05, 3.63) is 35.9 Å². The van der Waals surface area contributed by atoms with Crippen molar-refractivity contribution < 1.29 is 9.90 Å². The maximum atomic E-state index is 12.7. The number of rotatable bonds is 6. The summed E-state index contributed by atoms with van der Waals surface area (Å²) in [6, 6.07) is 12.3. The van der Waals surface area contributed by atoms with Crippen molar-refractivity contribution in [2.75, 3.05) is 13.1 Å². The van der Waals surface area contributed by atoms with Gasteiger partial charge in [0.15, 0.2) is 0 Å². The SMILES string of the molecule is N#CC1(NC(=O)CN2CCCCC[C@H]2C[C@@H](O)c2ccccc2)CCCC1. The van der Waals surface area contributed by atoms with Gasteiger partial charge in [-0.2, -0.15) is 5.26 Å². The molecule has 3 rings (SSSR count). The van der Waals surface area contributed by atoms with Crippen LogP contribution in [0.4, 0.5) is 0 Å². The topological polar surface area (TPSA) is 76.4 Å². The lowest BCUT2D eigenvalue weighted by Crippen LogP contribution is -2.50. The molecular formula is C22H31N3O2. The first-order valence-electron chi connectivity index (χ1n) is 10.3. The standard InChI is InChI=1S/C22H31N3O2/c23-17-22(12-6-7-13-22)24-21(27)16-25-14-8-2-5-11-19(25)15-20(26)18-9-3-1-4-10-18/h1,3-4,9-10,19-20,26H,2,5-8,11-16H2,(H,24,27)/t19-,20+/m0/s1. The van der Waals surface area contributed by atoms with E-state index in [9.17, 15) is 15.2 Å². The second-order valence-corrected chi connectivity index (χ2v) is 8.09. The Bertz CT molecular complexity index is 649. The van der Waals surface area contributed by atoms with Crippen molar-refractivity contribution in [3.63, 3.8) is 0 Å². The van der Waals surface area contributed by atoms with Crippen molar-refractivity contribution in [1.29, 1.82) is 5.26 Å². The van der Waals surface area contributed by atoms with Gasteiger partial charge >= 0.3 is 0 Å². The zero-order valence-corrected chi connectivity index (χ0v) is 16.1. The number of nitrogens with one attached hydrogen (secondary N) is 1. The molecule has 1 aromatic rings. The smallest absolute Gasteiger partial charge is 0.235 e. The predicted octanol–water partition coefficient (Wildman–Crippen LogP) is 3.31. The van der Waals surface area contributed by atoms with Crippen molar-refractivity contribution in [2.24, 2.45) is 0 Å². The average Bonchev–Trinajstić information content (AvgIpc) is 3.05. The van der Waals surface area contributed by atoms with E-state index in [-0.39, 0.29) is 11.9 Å². The molecule has 5 heteroatoms. The van der Waals surface area contributed by atoms with Gasteiger partial charge in [-0.1, -0.05) is 43.2 Å². The maximum absolute atomic E-state index is 12.7. The second-order valence-electron chi connectivity index (χ2n) is 8.09. The minimum atomic E-state index is -0.665. The molecule has 1 aromatic carbocycles. The van der Waals surface area contributed by atoms with Crippen LogP contribution in [0.3, 0.4) is 0 Å². The van der Waals surface area contributed by atoms with Crippen LogP contribution >= 0.6 is 0 Å². The highest BCUT2D eigenvalue weighted by molar-refractivity contribution is 5.79. The van der Waals surface area contributed by atoms with E-state index in [1.165, 1.54) is 0 Å². The van der Waals surface area contributed by atoms with Crippen LogP contribution in [0, 0.1) is 11.3 Å². The molecule has 5 nitrogen and oxygen atoms in total. The third kappa shape index (κ3) is 5.31. The Morgan fingerprint density at radius 2 is 1.96 bits per heavy atom. The molecule has 2 N–H and O–H groups in total. The van der Waals surface area contributed by atoms with Gasteiger partial charge in [0.2, 0.25) is 5.91 Å². The number of nitrogens with zero attached hydrogens (tertiary/aromatic N) is 2. The Kier molecular flexibility index (Phi) is 6.87. The van der Waals surface area contributed by atoms with Gasteiger partial charge in [0.05, 0.1) is 18.7 Å². The van der Waals surface area contributed by atoms with Crippen LogP contribution in [0.1, 0.15) is 69.5 Å². The Balaban J connectivity index is 1.62. The first-order valence-corrected chi connectivity index (χ1v) is 10.3. The zero-order chi connectivity index (χ0) is 19.1. The zero-order valence-electron chi connectivity index (χ0n) is 16.1. The van der Waals surface area contributed by atoms with Crippen LogP contribution in [-0.4, -0.2) is 40.6 Å². The van der Waals surface area contributed by atoms with Crippen molar-refractivity contribution in [3.8, 4) is 6.07 Å². The van der Waals surface area contributed by atoms with Crippen LogP contribution in [0.15, 0.2) is 30.3 Å². The Hall–Kier alpha value is -1.90. The van der Waals surface area contributed by atoms with E-state index in [1.54, 1.807) is 0 Å². The number of benzene rings is 1. The van der Waals surface area contributed by atoms with Gasteiger partial charge in [0.1, 0.15) is 5.54 Å². The number of likely N-dealkylation sites (tertiary alicyclic amines) is 1. The molecular weight excluding hydrogens is 338 g/mol. The molecule has 1 saturated carbocycles. The molecule has 1 aliphatic heterocycles. The van der Waals surface area contributed by atoms with Gasteiger partial charge in [-0.15, -0.1) is 0 Å². The number of carbonyl (C=O) groups is 1. The molecule has 1 heterocycles. The number of nitriles is 1. The number of amides is 1. The molecule has 0 aromatic heterocycles. The highest BCUT2D eigenvalue weighted by atomic mass is 16.3. The van der Waals surface area contributed by atoms with E-state index < -0.39 is 11.6 Å². The molecule has 27 heavy (non-hydrogen) atoms. The minimum absolute atomic E-state index is 0.0560. The Labute approximate surface area is 162 Å². The lowest BCUT2D eigenvalue weighted by Gasteiger charge is -2.32. The molecule has 1 aliphatic carbocycles. The van der Waals surface area contributed by atoms with Crippen molar-refractivity contribution in [1.82, 2.24) is 10.2 Å². The van der Waals surface area contributed by atoms with Gasteiger partial charge in [-0.3, -0.25) is 9.69 Å². The third-order valence-electron chi connectivity index (χ3n) is 6.08. The van der Waals surface area contributed by atoms with Gasteiger partial charge < -0.3 is 10.4 Å². The second kappa shape index (κ2) is 9.34. The summed E-state index contributed by atoms with van der Waals surface area (Å²) in [5.41, 5.74) is 0.266. The van der Waals surface area contributed by atoms with Gasteiger partial charge in [-0.25, -0.2) is 0 Å². The molecule has 0 radical (unpaired) electrons. The highest BCUT2D eigenvalue weighted by Crippen LogP contribution is 2.29. The quantitative estimate of drug-likeness (QED) is 0.807. The molecule has 1 amide bonds. The van der Waals surface area contributed by atoms with Crippen LogP contribution in [0.25, 0.3) is 0 Å². The Morgan fingerprint density at radius 3 is 2.67 bits per heavy atom. The van der Waals surface area contributed by atoms with Crippen LogP contribution in [-0.2, 0) is 4.79 Å². The lowest BCUT2D eigenvalue weighted by atomic mass is 9.97. The van der Waals surface area contributed by atoms with E-state index in [1.807, 2.05) is 30.3 Å². The fourth-order valence-corrected chi connectivity index (χ4v) is 4.52. The summed E-state index contributed by atoms with van der Waals surface area (Å²) in [4.78, 5) is 14.9. The first kappa shape index (κ1) is 19.9. The maximum Gasteiger partial charge on any atom is 0.235 e. The number of aliphatic hydroxyl groups excluding tert-OH is 1. The average molecular weight is 370 g/mol. The normalized spacial score (nSPS) is 23.9. The van der Waals surface area contributed by atoms with Crippen molar-refractivity contribution >= 4 is 5.91 Å². The number of hydrogen-bond acceptors (Lipinski definition) is 4. The molecule has 146 valence electrons. The highest BCUT2D eigenvalue weighted by Gasteiger charge is 2.36. The monoisotopic (exact) mass is 369 g/mol. The lowest BCUT2D eigenvalue weighted by molar-refractivity contribution is -0.124. The molecule has 0 unspecified atom stereocenters. The van der Waals surface area contributed by atoms with Gasteiger partial charge in [0.25, 0.3) is 0 Å². The predicted molar refractivity (Wildman–Crippen MR) is 105 cm³/mol. The number of carbonyl (C=O) groups excluding carboxylic acids is 1. The molecule has 0 bridgehead atoms. The molecule has 2 aliphatic rings. The van der Waals surface area contributed by atoms with Crippen LogP contribution in [0.5, 0.6) is 0 Å². The minimum Gasteiger partial charge on any atom is -0.388 e. The summed E-state index contributed by atoms with van der Waals surface area (Å²) in [6.07, 6.45) is 8.02. The van der Waals surface area contributed by atoms with E-state index >= 15 is 0 Å². The summed E-state index contributed by atoms with van der Waals surface area (Å²) >= 11 is 0. The van der Waals surface area contributed by atoms with E-state index in [0.29, 0.717) is 13.0 Å². The van der Waals surface area contributed by atoms with E-state index in [0.717, 1.165) is 63.5 Å². The largest absolute Gasteiger partial charge is 0.388 e. The van der Waals surface area contributed by atoms with Gasteiger partial charge in [-0.05, 0) is 57.1 Å². The first-order chi connectivity index (χ1) is 13.1. The Morgan fingerprint density at radius 1 is 1.22 bits per heavy atom. The van der Waals surface area contributed by atoms with Crippen molar-refractivity contribution in [2.45, 2.75) is 75.5 Å². The molecule has 2 atom stereocenters. The fraction of sp³-hybridized carbons (Fsp3) is 0.636. The number of aliphatic hydroxyl groups is 1.